The van der Waals surface area contributed by atoms with Crippen molar-refractivity contribution in [3.8, 4) is 0 Å². The predicted octanol–water partition coefficient (Wildman–Crippen LogP) is 2.48. The molecule has 0 aromatic heterocycles. The smallest absolute Gasteiger partial charge is 0.233 e. The molecule has 1 saturated carbocycles. The summed E-state index contributed by atoms with van der Waals surface area (Å²) in [5.74, 6) is -0.0171. The number of rotatable bonds is 3. The monoisotopic (exact) mass is 291 g/mol. The van der Waals surface area contributed by atoms with Crippen molar-refractivity contribution in [2.75, 3.05) is 13.1 Å². The maximum absolute atomic E-state index is 13.4. The molecule has 4 heteroatoms. The molecule has 0 radical (unpaired) electrons. The first-order chi connectivity index (χ1) is 10.0. The third kappa shape index (κ3) is 2.69. The van der Waals surface area contributed by atoms with Gasteiger partial charge in [-0.25, -0.2) is 4.39 Å². The van der Waals surface area contributed by atoms with E-state index in [2.05, 4.69) is 0 Å². The summed E-state index contributed by atoms with van der Waals surface area (Å²) in [6, 6.07) is 6.42. The molecule has 1 aliphatic carbocycles. The molecule has 1 heterocycles. The van der Waals surface area contributed by atoms with Gasteiger partial charge in [0.25, 0.3) is 0 Å². The molecule has 1 aromatic rings. The van der Waals surface area contributed by atoms with Gasteiger partial charge in [-0.1, -0.05) is 12.1 Å². The molecule has 3 rings (SSSR count). The topological polar surface area (TPSA) is 40.5 Å². The fraction of sp³-hybridized carbons (Fsp3) is 0.588. The van der Waals surface area contributed by atoms with E-state index in [0.29, 0.717) is 6.54 Å². The molecule has 2 atom stereocenters. The van der Waals surface area contributed by atoms with Crippen LogP contribution in [0.2, 0.25) is 0 Å². The fourth-order valence-electron chi connectivity index (χ4n) is 3.43. The first kappa shape index (κ1) is 14.5. The van der Waals surface area contributed by atoms with Crippen molar-refractivity contribution in [1.29, 1.82) is 0 Å². The molecule has 1 saturated heterocycles. The highest BCUT2D eigenvalue weighted by atomic mass is 19.1. The van der Waals surface area contributed by atoms with Crippen LogP contribution in [0.1, 0.15) is 38.2 Å². The van der Waals surface area contributed by atoms with Crippen LogP contribution in [0.5, 0.6) is 0 Å². The summed E-state index contributed by atoms with van der Waals surface area (Å²) in [6.07, 6.45) is 3.11. The van der Waals surface area contributed by atoms with Gasteiger partial charge in [0.05, 0.1) is 11.5 Å². The van der Waals surface area contributed by atoms with Gasteiger partial charge in [-0.15, -0.1) is 0 Å². The van der Waals surface area contributed by atoms with Crippen LogP contribution >= 0.6 is 0 Å². The number of benzene rings is 1. The van der Waals surface area contributed by atoms with Crippen LogP contribution in [0.15, 0.2) is 24.3 Å². The Hall–Kier alpha value is -1.42. The van der Waals surface area contributed by atoms with E-state index in [1.165, 1.54) is 12.1 Å². The van der Waals surface area contributed by atoms with Crippen LogP contribution in [0, 0.1) is 11.7 Å². The number of aliphatic hydroxyl groups is 1. The second kappa shape index (κ2) is 5.41. The number of aliphatic hydroxyl groups excluding tert-OH is 1. The lowest BCUT2D eigenvalue weighted by molar-refractivity contribution is -0.136. The summed E-state index contributed by atoms with van der Waals surface area (Å²) in [7, 11) is 0. The van der Waals surface area contributed by atoms with Crippen molar-refractivity contribution in [2.24, 2.45) is 5.92 Å². The number of likely N-dealkylation sites (tertiary alicyclic amines) is 1. The molecule has 1 aliphatic heterocycles. The van der Waals surface area contributed by atoms with E-state index in [9.17, 15) is 14.3 Å². The van der Waals surface area contributed by atoms with Gasteiger partial charge < -0.3 is 10.0 Å². The van der Waals surface area contributed by atoms with Gasteiger partial charge >= 0.3 is 0 Å². The van der Waals surface area contributed by atoms with E-state index in [-0.39, 0.29) is 23.7 Å². The molecular formula is C17H22FNO2. The van der Waals surface area contributed by atoms with Gasteiger partial charge in [0.1, 0.15) is 5.82 Å². The van der Waals surface area contributed by atoms with E-state index in [1.54, 1.807) is 13.0 Å². The quantitative estimate of drug-likeness (QED) is 0.929. The summed E-state index contributed by atoms with van der Waals surface area (Å²) in [4.78, 5) is 14.8. The molecule has 1 amide bonds. The second-order valence-electron chi connectivity index (χ2n) is 6.49. The highest BCUT2D eigenvalue weighted by Crippen LogP contribution is 2.50. The third-order valence-electron chi connectivity index (χ3n) is 4.96. The predicted molar refractivity (Wildman–Crippen MR) is 78.3 cm³/mol. The summed E-state index contributed by atoms with van der Waals surface area (Å²) in [5.41, 5.74) is 0.287. The number of piperidine rings is 1. The van der Waals surface area contributed by atoms with Crippen molar-refractivity contribution in [1.82, 2.24) is 4.90 Å². The minimum absolute atomic E-state index is 0.110. The van der Waals surface area contributed by atoms with Crippen LogP contribution in [0.3, 0.4) is 0 Å². The molecule has 21 heavy (non-hydrogen) atoms. The standard InChI is InChI=1S/C17H22FNO2/c1-12(20)13-4-3-9-19(11-13)16(21)17(7-8-17)14-5-2-6-15(18)10-14/h2,5-6,10,12-13,20H,3-4,7-9,11H2,1H3. The average Bonchev–Trinajstić information content (AvgIpc) is 3.28. The third-order valence-corrected chi connectivity index (χ3v) is 4.96. The van der Waals surface area contributed by atoms with Gasteiger partial charge in [-0.2, -0.15) is 0 Å². The number of halogens is 1. The lowest BCUT2D eigenvalue weighted by Crippen LogP contribution is -2.47. The summed E-state index contributed by atoms with van der Waals surface area (Å²) >= 11 is 0. The van der Waals surface area contributed by atoms with Gasteiger partial charge in [0, 0.05) is 19.0 Å². The average molecular weight is 291 g/mol. The number of carbonyl (C=O) groups is 1. The number of nitrogens with zero attached hydrogens (tertiary/aromatic N) is 1. The highest BCUT2D eigenvalue weighted by Gasteiger charge is 2.53. The Bertz CT molecular complexity index is 539. The SMILES string of the molecule is CC(O)C1CCCN(C(=O)C2(c3cccc(F)c3)CC2)C1. The largest absolute Gasteiger partial charge is 0.393 e. The second-order valence-corrected chi connectivity index (χ2v) is 6.49. The van der Waals surface area contributed by atoms with Crippen LogP contribution in [0.25, 0.3) is 0 Å². The zero-order valence-corrected chi connectivity index (χ0v) is 12.4. The molecule has 1 N–H and O–H groups in total. The molecule has 2 unspecified atom stereocenters. The van der Waals surface area contributed by atoms with Crippen LogP contribution < -0.4 is 0 Å². The lowest BCUT2D eigenvalue weighted by Gasteiger charge is -2.36. The fourth-order valence-corrected chi connectivity index (χ4v) is 3.43. The zero-order chi connectivity index (χ0) is 15.0. The summed E-state index contributed by atoms with van der Waals surface area (Å²) in [6.45, 7) is 3.16. The first-order valence-electron chi connectivity index (χ1n) is 7.76. The molecular weight excluding hydrogens is 269 g/mol. The molecule has 1 aromatic carbocycles. The number of hydrogen-bond acceptors (Lipinski definition) is 2. The first-order valence-corrected chi connectivity index (χ1v) is 7.76. The van der Waals surface area contributed by atoms with Crippen LogP contribution in [-0.4, -0.2) is 35.1 Å². The number of carbonyl (C=O) groups excluding carboxylic acids is 1. The van der Waals surface area contributed by atoms with E-state index in [4.69, 9.17) is 0 Å². The van der Waals surface area contributed by atoms with Crippen LogP contribution in [-0.2, 0) is 10.2 Å². The molecule has 2 fully saturated rings. The Morgan fingerprint density at radius 1 is 1.48 bits per heavy atom. The highest BCUT2D eigenvalue weighted by molar-refractivity contribution is 5.91. The normalized spacial score (nSPS) is 25.5. The number of amides is 1. The van der Waals surface area contributed by atoms with E-state index < -0.39 is 5.41 Å². The molecule has 2 aliphatic rings. The van der Waals surface area contributed by atoms with Gasteiger partial charge in [-0.3, -0.25) is 4.79 Å². The van der Waals surface area contributed by atoms with Gasteiger partial charge in [0.15, 0.2) is 0 Å². The van der Waals surface area contributed by atoms with Crippen molar-refractivity contribution < 1.29 is 14.3 Å². The number of hydrogen-bond donors (Lipinski definition) is 1. The van der Waals surface area contributed by atoms with Crippen molar-refractivity contribution in [3.05, 3.63) is 35.6 Å². The summed E-state index contributed by atoms with van der Waals surface area (Å²) < 4.78 is 13.4. The minimum atomic E-state index is -0.511. The molecule has 3 nitrogen and oxygen atoms in total. The van der Waals surface area contributed by atoms with E-state index in [0.717, 1.165) is 37.8 Å². The Kier molecular flexibility index (Phi) is 3.74. The molecule has 0 bridgehead atoms. The van der Waals surface area contributed by atoms with Crippen molar-refractivity contribution in [3.63, 3.8) is 0 Å². The Morgan fingerprint density at radius 3 is 2.86 bits per heavy atom. The minimum Gasteiger partial charge on any atom is -0.393 e. The Labute approximate surface area is 124 Å². The zero-order valence-electron chi connectivity index (χ0n) is 12.4. The molecule has 0 spiro atoms. The Balaban J connectivity index is 1.78. The van der Waals surface area contributed by atoms with E-state index in [1.807, 2.05) is 11.0 Å². The van der Waals surface area contributed by atoms with Gasteiger partial charge in [0.2, 0.25) is 5.91 Å². The van der Waals surface area contributed by atoms with Gasteiger partial charge in [-0.05, 0) is 50.3 Å². The van der Waals surface area contributed by atoms with Crippen molar-refractivity contribution >= 4 is 5.91 Å². The van der Waals surface area contributed by atoms with Crippen LogP contribution in [0.4, 0.5) is 4.39 Å². The maximum Gasteiger partial charge on any atom is 0.233 e. The lowest BCUT2D eigenvalue weighted by atomic mass is 9.89. The maximum atomic E-state index is 13.4. The summed E-state index contributed by atoms with van der Waals surface area (Å²) in [5, 5.41) is 9.76. The molecule has 114 valence electrons. The Morgan fingerprint density at radius 2 is 2.24 bits per heavy atom. The van der Waals surface area contributed by atoms with Crippen molar-refractivity contribution in [2.45, 2.75) is 44.1 Å². The van der Waals surface area contributed by atoms with E-state index >= 15 is 0 Å².